The van der Waals surface area contributed by atoms with E-state index in [0.717, 1.165) is 45.0 Å². The fraction of sp³-hybridized carbons (Fsp3) is 0.474. The maximum Gasteiger partial charge on any atom is 0.417 e. The number of halogens is 3. The number of nitrogens with two attached hydrogens (primary N) is 1. The van der Waals surface area contributed by atoms with Gasteiger partial charge in [0.2, 0.25) is 5.91 Å². The van der Waals surface area contributed by atoms with Gasteiger partial charge in [0.25, 0.3) is 0 Å². The smallest absolute Gasteiger partial charge is 0.369 e. The molecule has 27 heavy (non-hydrogen) atoms. The van der Waals surface area contributed by atoms with E-state index >= 15 is 0 Å². The van der Waals surface area contributed by atoms with E-state index in [0.29, 0.717) is 12.4 Å². The molecular formula is C19H23F3N4O. The molecule has 1 aliphatic heterocycles. The Bertz CT molecular complexity index is 779. The van der Waals surface area contributed by atoms with Gasteiger partial charge in [0, 0.05) is 30.4 Å². The van der Waals surface area contributed by atoms with Crippen molar-refractivity contribution in [3.63, 3.8) is 0 Å². The van der Waals surface area contributed by atoms with Crippen molar-refractivity contribution in [1.29, 1.82) is 0 Å². The third-order valence-electron chi connectivity index (χ3n) is 5.05. The molecule has 3 rings (SSSR count). The number of nitrogens with zero attached hydrogens (tertiary/aromatic N) is 3. The van der Waals surface area contributed by atoms with Crippen LogP contribution in [0.3, 0.4) is 0 Å². The molecule has 0 spiro atoms. The average Bonchev–Trinajstić information content (AvgIpc) is 3.10. The molecule has 2 N–H and O–H groups in total. The first-order valence-electron chi connectivity index (χ1n) is 9.05. The first-order valence-corrected chi connectivity index (χ1v) is 9.05. The van der Waals surface area contributed by atoms with E-state index in [1.165, 1.54) is 18.3 Å². The summed E-state index contributed by atoms with van der Waals surface area (Å²) in [5, 5.41) is 0. The van der Waals surface area contributed by atoms with Crippen LogP contribution in [0.4, 0.5) is 13.2 Å². The average molecular weight is 380 g/mol. The van der Waals surface area contributed by atoms with Crippen molar-refractivity contribution in [3.8, 4) is 11.4 Å². The fourth-order valence-corrected chi connectivity index (χ4v) is 3.56. The SMILES string of the molecule is NC(=O)C1CCN(CCCn2ccnc2-c2ccccc2C(F)(F)F)CC1. The second-order valence-corrected chi connectivity index (χ2v) is 6.86. The Morgan fingerprint density at radius 3 is 2.56 bits per heavy atom. The number of primary amides is 1. The number of carbonyl (C=O) groups excluding carboxylic acids is 1. The standard InChI is InChI=1S/C19H23F3N4O/c20-19(21,22)16-5-2-1-4-15(16)18-24-8-13-26(18)10-3-9-25-11-6-14(7-12-25)17(23)27/h1-2,4-5,8,13-14H,3,6-7,9-12H2,(H2,23,27). The van der Waals surface area contributed by atoms with E-state index in [2.05, 4.69) is 9.88 Å². The van der Waals surface area contributed by atoms with Gasteiger partial charge in [-0.1, -0.05) is 18.2 Å². The Balaban J connectivity index is 1.62. The Labute approximate surface area is 156 Å². The second kappa shape index (κ2) is 8.12. The normalized spacial score (nSPS) is 16.6. The maximum atomic E-state index is 13.3. The number of alkyl halides is 3. The van der Waals surface area contributed by atoms with Gasteiger partial charge in [-0.3, -0.25) is 4.79 Å². The molecule has 0 aliphatic carbocycles. The van der Waals surface area contributed by atoms with E-state index in [1.54, 1.807) is 16.8 Å². The van der Waals surface area contributed by atoms with Crippen LogP contribution >= 0.6 is 0 Å². The molecule has 146 valence electrons. The van der Waals surface area contributed by atoms with Gasteiger partial charge >= 0.3 is 6.18 Å². The molecule has 0 bridgehead atoms. The van der Waals surface area contributed by atoms with Crippen molar-refractivity contribution >= 4 is 5.91 Å². The zero-order chi connectivity index (χ0) is 19.4. The first-order chi connectivity index (χ1) is 12.9. The maximum absolute atomic E-state index is 13.3. The molecule has 1 saturated heterocycles. The molecule has 1 fully saturated rings. The predicted molar refractivity (Wildman–Crippen MR) is 95.6 cm³/mol. The van der Waals surface area contributed by atoms with Crippen LogP contribution in [0.15, 0.2) is 36.7 Å². The van der Waals surface area contributed by atoms with Crippen molar-refractivity contribution in [2.75, 3.05) is 19.6 Å². The lowest BCUT2D eigenvalue weighted by Gasteiger charge is -2.30. The third-order valence-corrected chi connectivity index (χ3v) is 5.05. The van der Waals surface area contributed by atoms with E-state index < -0.39 is 11.7 Å². The van der Waals surface area contributed by atoms with Gasteiger partial charge in [-0.25, -0.2) is 4.98 Å². The Hall–Kier alpha value is -2.35. The van der Waals surface area contributed by atoms with E-state index in [9.17, 15) is 18.0 Å². The summed E-state index contributed by atoms with van der Waals surface area (Å²) < 4.78 is 41.6. The summed E-state index contributed by atoms with van der Waals surface area (Å²) in [7, 11) is 0. The third kappa shape index (κ3) is 4.68. The number of amides is 1. The second-order valence-electron chi connectivity index (χ2n) is 6.86. The van der Waals surface area contributed by atoms with Gasteiger partial charge in [0.1, 0.15) is 5.82 Å². The molecule has 0 unspecified atom stereocenters. The molecule has 0 atom stereocenters. The molecule has 1 aromatic heterocycles. The highest BCUT2D eigenvalue weighted by Gasteiger charge is 2.34. The monoisotopic (exact) mass is 380 g/mol. The summed E-state index contributed by atoms with van der Waals surface area (Å²) in [6.45, 7) is 3.05. The van der Waals surface area contributed by atoms with Gasteiger partial charge in [-0.2, -0.15) is 13.2 Å². The van der Waals surface area contributed by atoms with E-state index in [-0.39, 0.29) is 17.4 Å². The van der Waals surface area contributed by atoms with E-state index in [4.69, 9.17) is 5.73 Å². The molecule has 8 heteroatoms. The number of aryl methyl sites for hydroxylation is 1. The molecular weight excluding hydrogens is 357 g/mol. The first kappa shape index (κ1) is 19.4. The summed E-state index contributed by atoms with van der Waals surface area (Å²) >= 11 is 0. The van der Waals surface area contributed by atoms with Gasteiger partial charge < -0.3 is 15.2 Å². The topological polar surface area (TPSA) is 64.2 Å². The number of benzene rings is 1. The number of rotatable bonds is 6. The van der Waals surface area contributed by atoms with Crippen LogP contribution in [-0.2, 0) is 17.5 Å². The van der Waals surface area contributed by atoms with Gasteiger partial charge in [-0.05, 0) is 45.0 Å². The number of likely N-dealkylation sites (tertiary alicyclic amines) is 1. The van der Waals surface area contributed by atoms with Crippen molar-refractivity contribution in [2.45, 2.75) is 32.0 Å². The molecule has 0 radical (unpaired) electrons. The fourth-order valence-electron chi connectivity index (χ4n) is 3.56. The number of hydrogen-bond donors (Lipinski definition) is 1. The zero-order valence-corrected chi connectivity index (χ0v) is 15.0. The highest BCUT2D eigenvalue weighted by molar-refractivity contribution is 5.76. The molecule has 5 nitrogen and oxygen atoms in total. The molecule has 1 amide bonds. The van der Waals surface area contributed by atoms with Crippen molar-refractivity contribution in [3.05, 3.63) is 42.2 Å². The Morgan fingerprint density at radius 2 is 1.89 bits per heavy atom. The van der Waals surface area contributed by atoms with Gasteiger partial charge in [0.15, 0.2) is 0 Å². The largest absolute Gasteiger partial charge is 0.417 e. The van der Waals surface area contributed by atoms with Crippen LogP contribution in [-0.4, -0.2) is 40.0 Å². The number of aromatic nitrogens is 2. The van der Waals surface area contributed by atoms with Crippen LogP contribution in [0.25, 0.3) is 11.4 Å². The van der Waals surface area contributed by atoms with Gasteiger partial charge in [-0.15, -0.1) is 0 Å². The molecule has 2 heterocycles. The minimum atomic E-state index is -4.42. The zero-order valence-electron chi connectivity index (χ0n) is 15.0. The predicted octanol–water partition coefficient (Wildman–Crippen LogP) is 3.16. The number of piperidine rings is 1. The van der Waals surface area contributed by atoms with Crippen LogP contribution in [0.1, 0.15) is 24.8 Å². The summed E-state index contributed by atoms with van der Waals surface area (Å²) in [5.74, 6) is 0.0526. The highest BCUT2D eigenvalue weighted by atomic mass is 19.4. The Kier molecular flexibility index (Phi) is 5.84. The molecule has 0 saturated carbocycles. The van der Waals surface area contributed by atoms with Crippen molar-refractivity contribution in [2.24, 2.45) is 11.7 Å². The lowest BCUT2D eigenvalue weighted by atomic mass is 9.96. The molecule has 2 aromatic rings. The number of hydrogen-bond acceptors (Lipinski definition) is 3. The van der Waals surface area contributed by atoms with Crippen LogP contribution in [0, 0.1) is 5.92 Å². The van der Waals surface area contributed by atoms with Crippen molar-refractivity contribution in [1.82, 2.24) is 14.5 Å². The lowest BCUT2D eigenvalue weighted by molar-refractivity contribution is -0.137. The van der Waals surface area contributed by atoms with Crippen molar-refractivity contribution < 1.29 is 18.0 Å². The van der Waals surface area contributed by atoms with Crippen LogP contribution < -0.4 is 5.73 Å². The molecule has 1 aromatic carbocycles. The van der Waals surface area contributed by atoms with E-state index in [1.807, 2.05) is 0 Å². The van der Waals surface area contributed by atoms with Crippen LogP contribution in [0.5, 0.6) is 0 Å². The van der Waals surface area contributed by atoms with Gasteiger partial charge in [0.05, 0.1) is 5.56 Å². The molecule has 1 aliphatic rings. The quantitative estimate of drug-likeness (QED) is 0.837. The Morgan fingerprint density at radius 1 is 1.19 bits per heavy atom. The number of carbonyl (C=O) groups is 1. The summed E-state index contributed by atoms with van der Waals surface area (Å²) in [6, 6.07) is 5.51. The summed E-state index contributed by atoms with van der Waals surface area (Å²) in [5.41, 5.74) is 4.76. The van der Waals surface area contributed by atoms with Crippen LogP contribution in [0.2, 0.25) is 0 Å². The summed E-state index contributed by atoms with van der Waals surface area (Å²) in [6.07, 6.45) is 1.15. The highest BCUT2D eigenvalue weighted by Crippen LogP contribution is 2.36. The minimum Gasteiger partial charge on any atom is -0.369 e. The summed E-state index contributed by atoms with van der Waals surface area (Å²) in [4.78, 5) is 17.6. The minimum absolute atomic E-state index is 0.0413. The lowest BCUT2D eigenvalue weighted by Crippen LogP contribution is -2.39. The number of imidazole rings is 1.